The van der Waals surface area contributed by atoms with E-state index in [-0.39, 0.29) is 0 Å². The number of hydrogen-bond donors (Lipinski definition) is 0. The summed E-state index contributed by atoms with van der Waals surface area (Å²) in [5.41, 5.74) is 2.79. The van der Waals surface area contributed by atoms with Gasteiger partial charge in [-0.25, -0.2) is 0 Å². The summed E-state index contributed by atoms with van der Waals surface area (Å²) in [7, 11) is 0. The van der Waals surface area contributed by atoms with Gasteiger partial charge in [-0.1, -0.05) is 6.92 Å². The first kappa shape index (κ1) is 7.44. The molecule has 0 amide bonds. The Morgan fingerprint density at radius 1 is 0.938 bits per heavy atom. The molecule has 0 heteroatoms. The van der Waals surface area contributed by atoms with Gasteiger partial charge in [-0.2, -0.15) is 0 Å². The maximum absolute atomic E-state index is 2.78. The average Bonchev–Trinajstić information content (AvgIpc) is 2.76. The van der Waals surface area contributed by atoms with Crippen LogP contribution in [0.4, 0.5) is 0 Å². The van der Waals surface area contributed by atoms with Crippen molar-refractivity contribution in [1.82, 2.24) is 0 Å². The Bertz CT molecular complexity index is 478. The maximum Gasteiger partial charge on any atom is -0.0145 e. The molecule has 6 bridgehead atoms. The average molecular weight is 212 g/mol. The molecule has 10 unspecified atom stereocenters. The Hall–Kier alpha value is 0. The van der Waals surface area contributed by atoms with Gasteiger partial charge in [0.2, 0.25) is 0 Å². The lowest BCUT2D eigenvalue weighted by Gasteiger charge is -2.82. The van der Waals surface area contributed by atoms with E-state index in [0.717, 1.165) is 16.2 Å². The third kappa shape index (κ3) is 0.327. The lowest BCUT2D eigenvalue weighted by molar-refractivity contribution is -0.345. The number of hydrogen-bond acceptors (Lipinski definition) is 0. The van der Waals surface area contributed by atoms with Gasteiger partial charge in [0.1, 0.15) is 0 Å². The van der Waals surface area contributed by atoms with E-state index < -0.39 is 0 Å². The van der Waals surface area contributed by atoms with Crippen molar-refractivity contribution >= 4 is 0 Å². The van der Waals surface area contributed by atoms with Crippen LogP contribution in [0.1, 0.15) is 39.0 Å². The molecule has 84 valence electrons. The van der Waals surface area contributed by atoms with Gasteiger partial charge in [-0.05, 0) is 89.8 Å². The smallest absolute Gasteiger partial charge is 0.0145 e. The minimum atomic E-state index is 0.872. The minimum Gasteiger partial charge on any atom is -0.0585 e. The van der Waals surface area contributed by atoms with Crippen molar-refractivity contribution in [3.8, 4) is 0 Å². The lowest BCUT2D eigenvalue weighted by Crippen LogP contribution is -2.77. The van der Waals surface area contributed by atoms with Gasteiger partial charge in [0.25, 0.3) is 0 Å². The maximum atomic E-state index is 2.78. The molecule has 0 radical (unpaired) electrons. The van der Waals surface area contributed by atoms with E-state index in [4.69, 9.17) is 0 Å². The zero-order chi connectivity index (χ0) is 10.1. The van der Waals surface area contributed by atoms with Crippen LogP contribution in [0.25, 0.3) is 0 Å². The Labute approximate surface area is 97.2 Å². The lowest BCUT2D eigenvalue weighted by atomic mass is 9.22. The van der Waals surface area contributed by atoms with Crippen molar-refractivity contribution in [1.29, 1.82) is 0 Å². The molecule has 1 spiro atoms. The fourth-order valence-electron chi connectivity index (χ4n) is 10.5. The predicted molar refractivity (Wildman–Crippen MR) is 60.5 cm³/mol. The van der Waals surface area contributed by atoms with E-state index >= 15 is 0 Å². The molecule has 7 aliphatic rings. The molecular weight excluding hydrogens is 192 g/mol. The highest BCUT2D eigenvalue weighted by Gasteiger charge is 2.96. The molecule has 0 aliphatic heterocycles. The molecule has 7 rings (SSSR count). The number of fused-ring (bicyclic) bond motifs is 2. The summed E-state index contributed by atoms with van der Waals surface area (Å²) in [6.45, 7) is 2.78. The highest BCUT2D eigenvalue weighted by Crippen LogP contribution is 3.02. The van der Waals surface area contributed by atoms with E-state index in [1.807, 2.05) is 0 Å². The van der Waals surface area contributed by atoms with Crippen LogP contribution in [-0.4, -0.2) is 0 Å². The molecule has 0 N–H and O–H groups in total. The van der Waals surface area contributed by atoms with Crippen LogP contribution in [0.15, 0.2) is 0 Å². The SMILES string of the molecule is CC12C3CC4C1C1CC4(C3)C3CC4CC1C432. The van der Waals surface area contributed by atoms with Gasteiger partial charge in [-0.15, -0.1) is 0 Å². The molecule has 0 heterocycles. The van der Waals surface area contributed by atoms with Crippen molar-refractivity contribution in [3.05, 3.63) is 0 Å². The third-order valence-electron chi connectivity index (χ3n) is 10.0. The van der Waals surface area contributed by atoms with Crippen molar-refractivity contribution in [2.24, 2.45) is 57.7 Å². The third-order valence-corrected chi connectivity index (χ3v) is 10.0. The van der Waals surface area contributed by atoms with E-state index in [1.165, 1.54) is 41.4 Å². The second-order valence-electron chi connectivity index (χ2n) is 8.91. The fourth-order valence-corrected chi connectivity index (χ4v) is 10.5. The van der Waals surface area contributed by atoms with Crippen LogP contribution in [-0.2, 0) is 0 Å². The zero-order valence-electron chi connectivity index (χ0n) is 10.1. The predicted octanol–water partition coefficient (Wildman–Crippen LogP) is 3.32. The van der Waals surface area contributed by atoms with E-state index in [0.29, 0.717) is 0 Å². The second-order valence-corrected chi connectivity index (χ2v) is 8.91. The Balaban J connectivity index is 1.71. The van der Waals surface area contributed by atoms with Crippen LogP contribution in [0, 0.1) is 57.7 Å². The first-order valence-corrected chi connectivity index (χ1v) is 7.74. The summed E-state index contributed by atoms with van der Waals surface area (Å²) in [4.78, 5) is 0. The Morgan fingerprint density at radius 3 is 2.69 bits per heavy atom. The molecule has 0 saturated heterocycles. The summed E-state index contributed by atoms with van der Waals surface area (Å²) in [5.74, 6) is 8.60. The van der Waals surface area contributed by atoms with Crippen molar-refractivity contribution in [2.45, 2.75) is 39.0 Å². The normalized spacial score (nSPS) is 90.9. The monoisotopic (exact) mass is 212 g/mol. The Morgan fingerprint density at radius 2 is 1.81 bits per heavy atom. The van der Waals surface area contributed by atoms with Crippen LogP contribution in [0.5, 0.6) is 0 Å². The van der Waals surface area contributed by atoms with Crippen LogP contribution < -0.4 is 0 Å². The summed E-state index contributed by atoms with van der Waals surface area (Å²) in [5, 5.41) is 0. The standard InChI is InChI=1S/C16H20/c1-14-8-3-11-13(14)9-6-15(11,5-8)12-4-7-2-10(9)16(7,12)14/h7-13H,2-6H2,1H3. The zero-order valence-corrected chi connectivity index (χ0v) is 10.1. The molecule has 16 heavy (non-hydrogen) atoms. The second kappa shape index (κ2) is 1.52. The molecular formula is C16H20. The topological polar surface area (TPSA) is 0 Å². The molecule has 7 fully saturated rings. The van der Waals surface area contributed by atoms with Gasteiger partial charge in [-0.3, -0.25) is 0 Å². The van der Waals surface area contributed by atoms with Crippen LogP contribution in [0.2, 0.25) is 0 Å². The molecule has 7 aliphatic carbocycles. The summed E-state index contributed by atoms with van der Waals surface area (Å²) in [6, 6.07) is 0. The van der Waals surface area contributed by atoms with Crippen LogP contribution in [0.3, 0.4) is 0 Å². The van der Waals surface area contributed by atoms with Crippen molar-refractivity contribution in [3.63, 3.8) is 0 Å². The van der Waals surface area contributed by atoms with Gasteiger partial charge in [0.05, 0.1) is 0 Å². The molecule has 0 aromatic rings. The summed E-state index contributed by atoms with van der Waals surface area (Å²) < 4.78 is 0. The molecule has 0 aromatic carbocycles. The summed E-state index contributed by atoms with van der Waals surface area (Å²) >= 11 is 0. The van der Waals surface area contributed by atoms with E-state index in [2.05, 4.69) is 6.92 Å². The van der Waals surface area contributed by atoms with E-state index in [9.17, 15) is 0 Å². The Kier molecular flexibility index (Phi) is 0.706. The first-order chi connectivity index (χ1) is 7.74. The van der Waals surface area contributed by atoms with Crippen LogP contribution >= 0.6 is 0 Å². The quantitative estimate of drug-likeness (QED) is 0.578. The molecule has 10 atom stereocenters. The van der Waals surface area contributed by atoms with Gasteiger partial charge >= 0.3 is 0 Å². The number of rotatable bonds is 0. The molecule has 0 nitrogen and oxygen atoms in total. The van der Waals surface area contributed by atoms with Gasteiger partial charge < -0.3 is 0 Å². The first-order valence-electron chi connectivity index (χ1n) is 7.74. The largest absolute Gasteiger partial charge is 0.0585 e. The summed E-state index contributed by atoms with van der Waals surface area (Å²) in [6.07, 6.45) is 8.41. The van der Waals surface area contributed by atoms with E-state index in [1.54, 1.807) is 32.1 Å². The molecule has 0 aromatic heterocycles. The molecule has 7 saturated carbocycles. The fraction of sp³-hybridized carbons (Fsp3) is 1.00. The van der Waals surface area contributed by atoms with Crippen molar-refractivity contribution < 1.29 is 0 Å². The van der Waals surface area contributed by atoms with Gasteiger partial charge in [0, 0.05) is 0 Å². The highest BCUT2D eigenvalue weighted by atomic mass is 15.0. The van der Waals surface area contributed by atoms with Crippen molar-refractivity contribution in [2.75, 3.05) is 0 Å². The highest BCUT2D eigenvalue weighted by molar-refractivity contribution is 5.44. The van der Waals surface area contributed by atoms with Gasteiger partial charge in [0.15, 0.2) is 0 Å². The minimum absolute atomic E-state index is 0.872.